The molecule has 1 saturated carbocycles. The van der Waals surface area contributed by atoms with E-state index in [1.165, 1.54) is 11.3 Å². The number of aryl methyl sites for hydroxylation is 1. The third-order valence-electron chi connectivity index (χ3n) is 12.2. The van der Waals surface area contributed by atoms with E-state index in [4.69, 9.17) is 14.2 Å². The first-order valence-corrected chi connectivity index (χ1v) is 21.2. The summed E-state index contributed by atoms with van der Waals surface area (Å²) in [4.78, 5) is 83.6. The van der Waals surface area contributed by atoms with Crippen LogP contribution in [0.5, 0.6) is 17.2 Å². The number of likely N-dealkylation sites (tertiary alicyclic amines) is 1. The highest BCUT2D eigenvalue weighted by Crippen LogP contribution is 2.41. The molecule has 8 rings (SSSR count). The van der Waals surface area contributed by atoms with Crippen molar-refractivity contribution < 1.29 is 38.2 Å². The Morgan fingerprint density at radius 1 is 0.950 bits per heavy atom. The Kier molecular flexibility index (Phi) is 11.5. The van der Waals surface area contributed by atoms with Crippen LogP contribution in [0.2, 0.25) is 0 Å². The highest BCUT2D eigenvalue weighted by atomic mass is 32.1. The van der Waals surface area contributed by atoms with E-state index in [1.54, 1.807) is 56.3 Å². The first-order chi connectivity index (χ1) is 28.9. The number of fused-ring (bicyclic) bond motifs is 4. The third-order valence-corrected chi connectivity index (χ3v) is 13.4. The van der Waals surface area contributed by atoms with Gasteiger partial charge in [0, 0.05) is 55.1 Å². The van der Waals surface area contributed by atoms with Crippen LogP contribution in [0.25, 0.3) is 21.2 Å². The molecule has 2 aromatic heterocycles. The summed E-state index contributed by atoms with van der Waals surface area (Å²) in [6.45, 7) is 2.84. The second-order valence-electron chi connectivity index (χ2n) is 16.4. The van der Waals surface area contributed by atoms with Gasteiger partial charge in [-0.1, -0.05) is 6.07 Å². The number of imide groups is 2. The number of nitrogens with one attached hydrogen (secondary N) is 2. The number of carbonyl (C=O) groups is 5. The van der Waals surface area contributed by atoms with Crippen molar-refractivity contribution in [1.82, 2.24) is 29.9 Å². The molecule has 2 aromatic carbocycles. The fourth-order valence-corrected chi connectivity index (χ4v) is 10.4. The smallest absolute Gasteiger partial charge is 0.266 e. The highest BCUT2D eigenvalue weighted by Gasteiger charge is 2.47. The minimum Gasteiger partial charge on any atom is -0.496 e. The van der Waals surface area contributed by atoms with Gasteiger partial charge in [0.15, 0.2) is 0 Å². The lowest BCUT2D eigenvalue weighted by Gasteiger charge is -2.31. The van der Waals surface area contributed by atoms with Crippen LogP contribution in [0.15, 0.2) is 47.4 Å². The van der Waals surface area contributed by atoms with Gasteiger partial charge in [-0.15, -0.1) is 11.3 Å². The zero-order valence-electron chi connectivity index (χ0n) is 34.5. The number of amides is 5. The molecule has 3 aliphatic heterocycles. The van der Waals surface area contributed by atoms with Gasteiger partial charge in [0.1, 0.15) is 23.3 Å². The molecular weight excluding hydrogens is 789 g/mol. The van der Waals surface area contributed by atoms with Gasteiger partial charge < -0.3 is 29.0 Å². The molecule has 4 unspecified atom stereocenters. The summed E-state index contributed by atoms with van der Waals surface area (Å²) in [7, 11) is 8.94. The van der Waals surface area contributed by atoms with Crippen LogP contribution in [0.1, 0.15) is 80.9 Å². The second kappa shape index (κ2) is 16.8. The molecule has 316 valence electrons. The molecule has 15 nitrogen and oxygen atoms in total. The van der Waals surface area contributed by atoms with Crippen LogP contribution in [0.4, 0.5) is 0 Å². The number of pyridine rings is 1. The molecule has 2 saturated heterocycles. The Hall–Kier alpha value is -5.58. The second-order valence-corrected chi connectivity index (χ2v) is 17.5. The topological polar surface area (TPSA) is 169 Å². The number of rotatable bonds is 15. The molecule has 5 amide bonds. The number of nitrogens with zero attached hydrogens (tertiary/aromatic N) is 4. The van der Waals surface area contributed by atoms with Gasteiger partial charge in [-0.2, -0.15) is 0 Å². The number of benzene rings is 2. The highest BCUT2D eigenvalue weighted by molar-refractivity contribution is 7.21. The van der Waals surface area contributed by atoms with E-state index >= 15 is 0 Å². The summed E-state index contributed by atoms with van der Waals surface area (Å²) in [5, 5.41) is 6.02. The molecule has 0 radical (unpaired) electrons. The molecule has 3 fully saturated rings. The van der Waals surface area contributed by atoms with Crippen molar-refractivity contribution in [2.45, 2.75) is 69.6 Å². The fourth-order valence-electron chi connectivity index (χ4n) is 9.30. The predicted octanol–water partition coefficient (Wildman–Crippen LogP) is 4.19. The Morgan fingerprint density at radius 2 is 1.72 bits per heavy atom. The number of unbranched alkanes of at least 4 members (excludes halogenated alkanes) is 2. The summed E-state index contributed by atoms with van der Waals surface area (Å²) >= 11 is 1.33. The SMILES string of the molecule is COc1cc(-c2cn(C)c(=O)c3cc(C(=O)NC4CC5CC4CN5CCCCCOc4cccc5c4C(=O)N(C4CCC(=O)NC4=O)C5=O)sc23)cc(OC)c1CN(C)C. The zero-order chi connectivity index (χ0) is 42.4. The van der Waals surface area contributed by atoms with Gasteiger partial charge >= 0.3 is 0 Å². The van der Waals surface area contributed by atoms with Crippen molar-refractivity contribution in [1.29, 1.82) is 0 Å². The van der Waals surface area contributed by atoms with Crippen molar-refractivity contribution >= 4 is 51.0 Å². The fraction of sp³-hybridized carbons (Fsp3) is 0.455. The summed E-state index contributed by atoms with van der Waals surface area (Å²) < 4.78 is 19.9. The first-order valence-electron chi connectivity index (χ1n) is 20.4. The van der Waals surface area contributed by atoms with Gasteiger partial charge in [0.05, 0.1) is 47.8 Å². The molecule has 4 aromatic rings. The van der Waals surface area contributed by atoms with E-state index in [0.29, 0.717) is 52.6 Å². The lowest BCUT2D eigenvalue weighted by molar-refractivity contribution is -0.136. The molecule has 4 aliphatic rings. The average Bonchev–Trinajstić information content (AvgIpc) is 4.00. The molecule has 0 spiro atoms. The zero-order valence-corrected chi connectivity index (χ0v) is 35.3. The predicted molar refractivity (Wildman–Crippen MR) is 225 cm³/mol. The minimum absolute atomic E-state index is 0.0597. The maximum Gasteiger partial charge on any atom is 0.266 e. The molecule has 1 aliphatic carbocycles. The van der Waals surface area contributed by atoms with Crippen LogP contribution < -0.4 is 30.4 Å². The monoisotopic (exact) mass is 838 g/mol. The maximum atomic E-state index is 13.8. The number of methoxy groups -OCH3 is 2. The molecule has 2 N–H and O–H groups in total. The molecule has 2 bridgehead atoms. The summed E-state index contributed by atoms with van der Waals surface area (Å²) in [6.07, 6.45) is 6.49. The normalized spacial score (nSPS) is 21.3. The number of hydrogen-bond donors (Lipinski definition) is 2. The van der Waals surface area contributed by atoms with Crippen LogP contribution in [0, 0.1) is 5.92 Å². The van der Waals surface area contributed by atoms with Gasteiger partial charge in [-0.25, -0.2) is 0 Å². The number of ether oxygens (including phenoxy) is 3. The van der Waals surface area contributed by atoms with Crippen molar-refractivity contribution in [3.8, 4) is 28.4 Å². The van der Waals surface area contributed by atoms with Crippen LogP contribution in [-0.2, 0) is 23.2 Å². The standard InChI is InChI=1S/C44H50N6O9S/c1-47(2)22-30-34(57-4)17-24(18-35(30)58-5)29-23-48(3)42(54)28-20-36(60-39(28)29)41(53)45-31-19-26-16-25(31)21-49(26)14-7-6-8-15-59-33-11-9-10-27-38(33)44(56)50(43(27)55)32-12-13-37(51)46-40(32)52/h9-11,17-18,20,23,25-26,31-32H,6-8,12-16,19,21-22H2,1-5H3,(H,45,53)(H,46,51,52). The van der Waals surface area contributed by atoms with E-state index in [1.807, 2.05) is 31.1 Å². The Balaban J connectivity index is 0.838. The third kappa shape index (κ3) is 7.67. The number of carbonyl (C=O) groups excluding carboxylic acids is 5. The summed E-state index contributed by atoms with van der Waals surface area (Å²) in [6, 6.07) is 9.94. The lowest BCUT2D eigenvalue weighted by Crippen LogP contribution is -2.54. The number of aromatic nitrogens is 1. The molecular formula is C44H50N6O9S. The lowest BCUT2D eigenvalue weighted by atomic mass is 10.0. The molecule has 16 heteroatoms. The molecule has 4 atom stereocenters. The van der Waals surface area contributed by atoms with E-state index in [0.717, 1.165) is 71.5 Å². The largest absolute Gasteiger partial charge is 0.496 e. The average molecular weight is 839 g/mol. The number of thiophene rings is 1. The Bertz CT molecular complexity index is 2430. The Morgan fingerprint density at radius 3 is 2.40 bits per heavy atom. The Labute approximate surface area is 351 Å². The number of piperidine rings is 2. The van der Waals surface area contributed by atoms with Crippen molar-refractivity contribution in [3.63, 3.8) is 0 Å². The van der Waals surface area contributed by atoms with Crippen LogP contribution >= 0.6 is 11.3 Å². The van der Waals surface area contributed by atoms with E-state index in [9.17, 15) is 28.8 Å². The maximum absolute atomic E-state index is 13.8. The van der Waals surface area contributed by atoms with E-state index in [2.05, 4.69) is 15.5 Å². The minimum atomic E-state index is -1.03. The van der Waals surface area contributed by atoms with Crippen molar-refractivity contribution in [2.75, 3.05) is 48.0 Å². The first kappa shape index (κ1) is 41.2. The van der Waals surface area contributed by atoms with E-state index < -0.39 is 29.7 Å². The van der Waals surface area contributed by atoms with Crippen LogP contribution in [-0.4, -0.2) is 115 Å². The van der Waals surface area contributed by atoms with Gasteiger partial charge in [-0.05, 0) is 101 Å². The number of hydrogen-bond acceptors (Lipinski definition) is 12. The quantitative estimate of drug-likeness (QED) is 0.130. The molecule has 5 heterocycles. The van der Waals surface area contributed by atoms with E-state index in [-0.39, 0.29) is 41.5 Å². The summed E-state index contributed by atoms with van der Waals surface area (Å²) in [5.41, 5.74) is 2.76. The van der Waals surface area contributed by atoms with Gasteiger partial charge in [0.25, 0.3) is 23.3 Å². The van der Waals surface area contributed by atoms with Gasteiger partial charge in [-0.3, -0.25) is 43.9 Å². The van der Waals surface area contributed by atoms with Gasteiger partial charge in [0.2, 0.25) is 11.8 Å². The van der Waals surface area contributed by atoms with Crippen molar-refractivity contribution in [3.05, 3.63) is 74.5 Å². The summed E-state index contributed by atoms with van der Waals surface area (Å²) in [5.74, 6) is -0.337. The molecule has 60 heavy (non-hydrogen) atoms. The van der Waals surface area contributed by atoms with Crippen molar-refractivity contribution in [2.24, 2.45) is 13.0 Å². The van der Waals surface area contributed by atoms with Crippen LogP contribution in [0.3, 0.4) is 0 Å².